The highest BCUT2D eigenvalue weighted by molar-refractivity contribution is 7.89. The Hall–Kier alpha value is -3.88. The topological polar surface area (TPSA) is 169 Å². The first-order valence-electron chi connectivity index (χ1n) is 16.6. The van der Waals surface area contributed by atoms with E-state index in [1.54, 1.807) is 35.0 Å². The van der Waals surface area contributed by atoms with Gasteiger partial charge in [0.05, 0.1) is 32.4 Å². The average molecular weight is 704 g/mol. The zero-order valence-electron chi connectivity index (χ0n) is 29.7. The number of amidine groups is 2. The lowest BCUT2D eigenvalue weighted by Gasteiger charge is -2.31. The van der Waals surface area contributed by atoms with Crippen LogP contribution in [0, 0.1) is 11.8 Å². The number of nitrogens with one attached hydrogen (secondary N) is 3. The molecule has 2 aromatic carbocycles. The van der Waals surface area contributed by atoms with E-state index in [1.165, 1.54) is 0 Å². The molecule has 49 heavy (non-hydrogen) atoms. The molecular formula is C35H53N5O8S. The van der Waals surface area contributed by atoms with Crippen LogP contribution in [0.25, 0.3) is 0 Å². The molecule has 1 fully saturated rings. The first kappa shape index (κ1) is 39.6. The summed E-state index contributed by atoms with van der Waals surface area (Å²) in [4.78, 5) is 21.7. The highest BCUT2D eigenvalue weighted by Gasteiger charge is 2.31. The number of aliphatic hydroxyl groups is 1. The first-order valence-corrected chi connectivity index (χ1v) is 18.1. The highest BCUT2D eigenvalue weighted by atomic mass is 32.2. The fraction of sp³-hybridized carbons (Fsp3) is 0.571. The Kier molecular flexibility index (Phi) is 15.1. The SMILES string of the molecule is COCCCOc1cc(C[C@@H](C[C@H](NC(=O)OC(C)(C)C)[C@@H](O)CN=C2NS(=O)(=O)NC2=NCCc2ccccc2)C(C)C)ccc1OC. The summed E-state index contributed by atoms with van der Waals surface area (Å²) in [5.41, 5.74) is 1.32. The molecule has 1 saturated heterocycles. The molecular weight excluding hydrogens is 650 g/mol. The first-order chi connectivity index (χ1) is 23.2. The lowest BCUT2D eigenvalue weighted by atomic mass is 9.83. The number of alkyl carbamates (subject to hydrolysis) is 1. The minimum absolute atomic E-state index is 0.000184. The number of hydrogen-bond acceptors (Lipinski definition) is 10. The van der Waals surface area contributed by atoms with Crippen molar-refractivity contribution in [2.45, 2.75) is 78.0 Å². The second kappa shape index (κ2) is 18.8. The van der Waals surface area contributed by atoms with Gasteiger partial charge < -0.3 is 29.4 Å². The van der Waals surface area contributed by atoms with Crippen LogP contribution >= 0.6 is 0 Å². The van der Waals surface area contributed by atoms with Crippen LogP contribution < -0.4 is 24.2 Å². The number of aliphatic imine (C=N–C) groups is 2. The van der Waals surface area contributed by atoms with Crippen LogP contribution in [0.5, 0.6) is 11.5 Å². The van der Waals surface area contributed by atoms with E-state index in [9.17, 15) is 18.3 Å². The molecule has 0 spiro atoms. The van der Waals surface area contributed by atoms with Gasteiger partial charge in [-0.3, -0.25) is 9.98 Å². The summed E-state index contributed by atoms with van der Waals surface area (Å²) in [7, 11) is -0.645. The van der Waals surface area contributed by atoms with Crippen molar-refractivity contribution in [1.82, 2.24) is 14.8 Å². The van der Waals surface area contributed by atoms with Crippen molar-refractivity contribution in [2.24, 2.45) is 21.8 Å². The van der Waals surface area contributed by atoms with Crippen molar-refractivity contribution in [2.75, 3.05) is 40.5 Å². The minimum Gasteiger partial charge on any atom is -0.493 e. The quantitative estimate of drug-likeness (QED) is 0.169. The van der Waals surface area contributed by atoms with Crippen LogP contribution in [0.2, 0.25) is 0 Å². The summed E-state index contributed by atoms with van der Waals surface area (Å²) in [6, 6.07) is 14.8. The van der Waals surface area contributed by atoms with Crippen molar-refractivity contribution in [3.8, 4) is 11.5 Å². The molecule has 3 atom stereocenters. The van der Waals surface area contributed by atoms with Gasteiger partial charge in [0.25, 0.3) is 0 Å². The second-order valence-corrected chi connectivity index (χ2v) is 14.7. The molecule has 4 N–H and O–H groups in total. The van der Waals surface area contributed by atoms with E-state index in [2.05, 4.69) is 38.6 Å². The second-order valence-electron chi connectivity index (χ2n) is 13.3. The largest absolute Gasteiger partial charge is 0.493 e. The lowest BCUT2D eigenvalue weighted by molar-refractivity contribution is 0.0400. The molecule has 0 saturated carbocycles. The third-order valence-corrected chi connectivity index (χ3v) is 8.70. The maximum absolute atomic E-state index is 12.9. The van der Waals surface area contributed by atoms with Crippen LogP contribution in [0.1, 0.15) is 58.6 Å². The van der Waals surface area contributed by atoms with Crippen molar-refractivity contribution >= 4 is 28.0 Å². The Morgan fingerprint density at radius 1 is 0.959 bits per heavy atom. The van der Waals surface area contributed by atoms with Crippen LogP contribution in [-0.4, -0.2) is 89.6 Å². The summed E-state index contributed by atoms with van der Waals surface area (Å²) < 4.78 is 51.5. The number of benzene rings is 2. The predicted octanol–water partition coefficient (Wildman–Crippen LogP) is 4.05. The number of hydrogen-bond donors (Lipinski definition) is 4. The normalized spacial score (nSPS) is 17.7. The highest BCUT2D eigenvalue weighted by Crippen LogP contribution is 2.31. The molecule has 14 heteroatoms. The molecule has 0 aromatic heterocycles. The van der Waals surface area contributed by atoms with E-state index in [0.29, 0.717) is 50.5 Å². The Labute approximate surface area is 291 Å². The summed E-state index contributed by atoms with van der Waals surface area (Å²) in [6.45, 7) is 10.6. The number of amides is 1. The molecule has 1 aliphatic rings. The number of ether oxygens (including phenoxy) is 4. The molecule has 0 bridgehead atoms. The molecule has 0 radical (unpaired) electrons. The summed E-state index contributed by atoms with van der Waals surface area (Å²) >= 11 is 0. The number of nitrogens with zero attached hydrogens (tertiary/aromatic N) is 2. The Balaban J connectivity index is 1.80. The van der Waals surface area contributed by atoms with E-state index in [0.717, 1.165) is 17.5 Å². The van der Waals surface area contributed by atoms with Crippen molar-refractivity contribution in [1.29, 1.82) is 0 Å². The number of carbonyl (C=O) groups is 1. The smallest absolute Gasteiger partial charge is 0.407 e. The molecule has 1 aliphatic heterocycles. The molecule has 2 aromatic rings. The van der Waals surface area contributed by atoms with E-state index in [1.807, 2.05) is 48.5 Å². The number of aliphatic hydroxyl groups excluding tert-OH is 1. The van der Waals surface area contributed by atoms with E-state index in [-0.39, 0.29) is 30.1 Å². The summed E-state index contributed by atoms with van der Waals surface area (Å²) in [5.74, 6) is 1.51. The molecule has 0 unspecified atom stereocenters. The van der Waals surface area contributed by atoms with Gasteiger partial charge in [-0.05, 0) is 75.1 Å². The molecule has 3 rings (SSSR count). The predicted molar refractivity (Wildman–Crippen MR) is 191 cm³/mol. The molecule has 13 nitrogen and oxygen atoms in total. The van der Waals surface area contributed by atoms with Gasteiger partial charge in [-0.1, -0.05) is 50.2 Å². The number of methoxy groups -OCH3 is 2. The average Bonchev–Trinajstić information content (AvgIpc) is 3.33. The van der Waals surface area contributed by atoms with E-state index < -0.39 is 34.0 Å². The zero-order chi connectivity index (χ0) is 36.0. The van der Waals surface area contributed by atoms with Crippen LogP contribution in [0.3, 0.4) is 0 Å². The molecule has 1 amide bonds. The maximum atomic E-state index is 12.9. The van der Waals surface area contributed by atoms with Gasteiger partial charge in [-0.15, -0.1) is 0 Å². The van der Waals surface area contributed by atoms with Gasteiger partial charge in [0, 0.05) is 26.7 Å². The van der Waals surface area contributed by atoms with Gasteiger partial charge in [-0.25, -0.2) is 14.2 Å². The van der Waals surface area contributed by atoms with E-state index >= 15 is 0 Å². The zero-order valence-corrected chi connectivity index (χ0v) is 30.5. The molecule has 272 valence electrons. The molecule has 1 heterocycles. The van der Waals surface area contributed by atoms with Gasteiger partial charge in [0.2, 0.25) is 0 Å². The van der Waals surface area contributed by atoms with Gasteiger partial charge >= 0.3 is 16.3 Å². The Bertz CT molecular complexity index is 1510. The fourth-order valence-corrected chi connectivity index (χ4v) is 6.06. The fourth-order valence-electron chi connectivity index (χ4n) is 5.18. The van der Waals surface area contributed by atoms with Gasteiger partial charge in [0.15, 0.2) is 23.2 Å². The van der Waals surface area contributed by atoms with Crippen LogP contribution in [0.4, 0.5) is 4.79 Å². The third kappa shape index (κ3) is 13.9. The van der Waals surface area contributed by atoms with Gasteiger partial charge in [0.1, 0.15) is 5.60 Å². The van der Waals surface area contributed by atoms with Gasteiger partial charge in [-0.2, -0.15) is 8.42 Å². The van der Waals surface area contributed by atoms with Crippen molar-refractivity contribution in [3.63, 3.8) is 0 Å². The minimum atomic E-state index is -3.89. The number of rotatable bonds is 18. The maximum Gasteiger partial charge on any atom is 0.407 e. The Morgan fingerprint density at radius 2 is 1.65 bits per heavy atom. The van der Waals surface area contributed by atoms with Crippen LogP contribution in [-0.2, 0) is 32.5 Å². The third-order valence-electron chi connectivity index (χ3n) is 7.78. The monoisotopic (exact) mass is 703 g/mol. The van der Waals surface area contributed by atoms with Crippen molar-refractivity contribution in [3.05, 3.63) is 59.7 Å². The number of carbonyl (C=O) groups excluding carboxylic acids is 1. The standard InChI is InChI=1S/C35H53N5O8S/c1-24(2)27(20-26-14-15-30(46-7)31(21-26)47-19-11-18-45-6)22-28(38-34(42)48-35(3,4)5)29(41)23-37-33-32(39-49(43,44)40-33)36-17-16-25-12-9-8-10-13-25/h8-10,12-15,21,24,27-29,41H,11,16-20,22-23H2,1-7H3,(H,36,39)(H,37,40)(H,38,42)/t27-,28-,29-/m0/s1. The van der Waals surface area contributed by atoms with E-state index in [4.69, 9.17) is 18.9 Å². The lowest BCUT2D eigenvalue weighted by Crippen LogP contribution is -2.48. The van der Waals surface area contributed by atoms with Crippen molar-refractivity contribution < 1.29 is 37.3 Å². The van der Waals surface area contributed by atoms with Crippen LogP contribution in [0.15, 0.2) is 58.5 Å². The summed E-state index contributed by atoms with van der Waals surface area (Å²) in [5, 5.41) is 14.3. The molecule has 0 aliphatic carbocycles. The summed E-state index contributed by atoms with van der Waals surface area (Å²) in [6.07, 6.45) is 0.516. The Morgan fingerprint density at radius 3 is 2.29 bits per heavy atom.